The molecule has 1 rings (SSSR count). The van der Waals surface area contributed by atoms with Gasteiger partial charge in [0.1, 0.15) is 12.4 Å². The summed E-state index contributed by atoms with van der Waals surface area (Å²) in [6.45, 7) is 3.77. The Morgan fingerprint density at radius 2 is 2.33 bits per heavy atom. The van der Waals surface area contributed by atoms with Gasteiger partial charge in [0.15, 0.2) is 0 Å². The summed E-state index contributed by atoms with van der Waals surface area (Å²) in [7, 11) is 0. The molecule has 0 bridgehead atoms. The van der Waals surface area contributed by atoms with Crippen LogP contribution in [0.5, 0.6) is 0 Å². The number of carbonyl (C=O) groups is 1. The Kier molecular flexibility index (Phi) is 4.05. The molecule has 15 heavy (non-hydrogen) atoms. The van der Waals surface area contributed by atoms with Gasteiger partial charge in [-0.3, -0.25) is 4.79 Å². The summed E-state index contributed by atoms with van der Waals surface area (Å²) >= 11 is 0. The molecule has 1 heterocycles. The normalized spacial score (nSPS) is 10.3. The van der Waals surface area contributed by atoms with Crippen molar-refractivity contribution in [1.82, 2.24) is 4.98 Å². The zero-order chi connectivity index (χ0) is 11.3. The second-order valence-corrected chi connectivity index (χ2v) is 3.38. The van der Waals surface area contributed by atoms with Crippen LogP contribution in [0.15, 0.2) is 18.3 Å². The first kappa shape index (κ1) is 11.5. The number of rotatable bonds is 4. The topological polar surface area (TPSA) is 77.2 Å². The van der Waals surface area contributed by atoms with Gasteiger partial charge in [-0.05, 0) is 26.0 Å². The molecule has 1 aromatic heterocycles. The number of nitrogen functional groups attached to an aromatic ring is 1. The molecule has 3 N–H and O–H groups in total. The highest BCUT2D eigenvalue weighted by Gasteiger charge is 2.04. The molecule has 0 unspecified atom stereocenters. The maximum Gasteiger partial charge on any atom is 0.251 e. The van der Waals surface area contributed by atoms with Gasteiger partial charge in [-0.1, -0.05) is 0 Å². The van der Waals surface area contributed by atoms with E-state index in [1.807, 2.05) is 13.8 Å². The van der Waals surface area contributed by atoms with Crippen LogP contribution in [0, 0.1) is 0 Å². The van der Waals surface area contributed by atoms with Crippen LogP contribution in [0.3, 0.4) is 0 Å². The molecule has 82 valence electrons. The maximum absolute atomic E-state index is 11.3. The van der Waals surface area contributed by atoms with Gasteiger partial charge in [-0.25, -0.2) is 4.98 Å². The predicted molar refractivity (Wildman–Crippen MR) is 58.4 cm³/mol. The van der Waals surface area contributed by atoms with E-state index in [1.54, 1.807) is 12.1 Å². The van der Waals surface area contributed by atoms with Crippen molar-refractivity contribution in [2.75, 3.05) is 17.7 Å². The fourth-order valence-corrected chi connectivity index (χ4v) is 0.901. The monoisotopic (exact) mass is 209 g/mol. The highest BCUT2D eigenvalue weighted by molar-refractivity contribution is 5.90. The molecule has 0 aromatic carbocycles. The van der Waals surface area contributed by atoms with E-state index >= 15 is 0 Å². The fourth-order valence-electron chi connectivity index (χ4n) is 0.901. The average Bonchev–Trinajstić information content (AvgIpc) is 2.19. The van der Waals surface area contributed by atoms with Crippen LogP contribution in [0.4, 0.5) is 11.5 Å². The van der Waals surface area contributed by atoms with Gasteiger partial charge in [0, 0.05) is 0 Å². The predicted octanol–water partition coefficient (Wildman–Crippen LogP) is 1.03. The molecular formula is C10H15N3O2. The first-order valence-corrected chi connectivity index (χ1v) is 4.71. The molecular weight excluding hydrogens is 194 g/mol. The van der Waals surface area contributed by atoms with E-state index in [4.69, 9.17) is 10.5 Å². The summed E-state index contributed by atoms with van der Waals surface area (Å²) in [5, 5.41) is 2.59. The van der Waals surface area contributed by atoms with Crippen molar-refractivity contribution in [3.8, 4) is 0 Å². The number of carbonyl (C=O) groups excluding carboxylic acids is 1. The molecule has 0 spiro atoms. The lowest BCUT2D eigenvalue weighted by molar-refractivity contribution is -0.121. The number of hydrogen-bond acceptors (Lipinski definition) is 4. The summed E-state index contributed by atoms with van der Waals surface area (Å²) in [5.74, 6) is 0.252. The van der Waals surface area contributed by atoms with Crippen LogP contribution < -0.4 is 11.1 Å². The number of amides is 1. The Morgan fingerprint density at radius 1 is 1.60 bits per heavy atom. The van der Waals surface area contributed by atoms with Crippen LogP contribution in [0.1, 0.15) is 13.8 Å². The number of hydrogen-bond donors (Lipinski definition) is 2. The van der Waals surface area contributed by atoms with Crippen molar-refractivity contribution in [1.29, 1.82) is 0 Å². The number of nitrogens with two attached hydrogens (primary N) is 1. The Morgan fingerprint density at radius 3 is 2.87 bits per heavy atom. The van der Waals surface area contributed by atoms with E-state index < -0.39 is 0 Å². The highest BCUT2D eigenvalue weighted by Crippen LogP contribution is 2.05. The molecule has 5 heteroatoms. The second-order valence-electron chi connectivity index (χ2n) is 3.38. The largest absolute Gasteiger partial charge is 0.397 e. The van der Waals surface area contributed by atoms with Crippen LogP contribution in [-0.4, -0.2) is 23.6 Å². The maximum atomic E-state index is 11.3. The van der Waals surface area contributed by atoms with E-state index in [0.717, 1.165) is 0 Å². The summed E-state index contributed by atoms with van der Waals surface area (Å²) in [4.78, 5) is 15.2. The Hall–Kier alpha value is -1.62. The van der Waals surface area contributed by atoms with Crippen molar-refractivity contribution in [2.24, 2.45) is 0 Å². The van der Waals surface area contributed by atoms with E-state index in [-0.39, 0.29) is 18.6 Å². The molecule has 0 atom stereocenters. The second kappa shape index (κ2) is 5.31. The van der Waals surface area contributed by atoms with Gasteiger partial charge >= 0.3 is 0 Å². The summed E-state index contributed by atoms with van der Waals surface area (Å²) in [5.41, 5.74) is 6.02. The number of nitrogens with zero attached hydrogens (tertiary/aromatic N) is 1. The lowest BCUT2D eigenvalue weighted by Gasteiger charge is -2.07. The summed E-state index contributed by atoms with van der Waals surface area (Å²) in [6.07, 6.45) is 1.52. The summed E-state index contributed by atoms with van der Waals surface area (Å²) < 4.78 is 5.14. The molecule has 0 aliphatic heterocycles. The Balaban J connectivity index is 2.41. The van der Waals surface area contributed by atoms with Crippen molar-refractivity contribution < 1.29 is 9.53 Å². The van der Waals surface area contributed by atoms with Crippen molar-refractivity contribution in [3.63, 3.8) is 0 Å². The molecule has 0 aliphatic rings. The fraction of sp³-hybridized carbons (Fsp3) is 0.400. The van der Waals surface area contributed by atoms with Crippen molar-refractivity contribution in [2.45, 2.75) is 20.0 Å². The van der Waals surface area contributed by atoms with Gasteiger partial charge in [0.25, 0.3) is 5.91 Å². The van der Waals surface area contributed by atoms with Crippen molar-refractivity contribution in [3.05, 3.63) is 18.3 Å². The SMILES string of the molecule is CC(C)OCC(=O)Nc1ccc(N)cn1. The van der Waals surface area contributed by atoms with E-state index in [2.05, 4.69) is 10.3 Å². The minimum absolute atomic E-state index is 0.0315. The third-order valence-corrected chi connectivity index (χ3v) is 1.60. The van der Waals surface area contributed by atoms with E-state index in [0.29, 0.717) is 11.5 Å². The highest BCUT2D eigenvalue weighted by atomic mass is 16.5. The zero-order valence-corrected chi connectivity index (χ0v) is 8.86. The molecule has 0 saturated carbocycles. The molecule has 1 amide bonds. The lowest BCUT2D eigenvalue weighted by Crippen LogP contribution is -2.21. The number of nitrogens with one attached hydrogen (secondary N) is 1. The molecule has 0 saturated heterocycles. The average molecular weight is 209 g/mol. The van der Waals surface area contributed by atoms with Crippen molar-refractivity contribution >= 4 is 17.4 Å². The third-order valence-electron chi connectivity index (χ3n) is 1.60. The first-order chi connectivity index (χ1) is 7.08. The molecule has 0 aliphatic carbocycles. The third kappa shape index (κ3) is 4.42. The number of pyridine rings is 1. The smallest absolute Gasteiger partial charge is 0.251 e. The van der Waals surface area contributed by atoms with Gasteiger partial charge < -0.3 is 15.8 Å². The molecule has 1 aromatic rings. The van der Waals surface area contributed by atoms with Gasteiger partial charge in [-0.15, -0.1) is 0 Å². The number of ether oxygens (including phenoxy) is 1. The molecule has 0 fully saturated rings. The first-order valence-electron chi connectivity index (χ1n) is 4.71. The van der Waals surface area contributed by atoms with Gasteiger partial charge in [0.2, 0.25) is 0 Å². The summed E-state index contributed by atoms with van der Waals surface area (Å²) in [6, 6.07) is 3.31. The van der Waals surface area contributed by atoms with Crippen LogP contribution in [0.2, 0.25) is 0 Å². The number of anilines is 2. The van der Waals surface area contributed by atoms with Gasteiger partial charge in [0.05, 0.1) is 18.0 Å². The minimum Gasteiger partial charge on any atom is -0.397 e. The molecule has 5 nitrogen and oxygen atoms in total. The van der Waals surface area contributed by atoms with E-state index in [1.165, 1.54) is 6.20 Å². The zero-order valence-electron chi connectivity index (χ0n) is 8.86. The van der Waals surface area contributed by atoms with Crippen LogP contribution in [0.25, 0.3) is 0 Å². The minimum atomic E-state index is -0.221. The Labute approximate surface area is 88.6 Å². The molecule has 0 radical (unpaired) electrons. The Bertz CT molecular complexity index is 322. The van der Waals surface area contributed by atoms with E-state index in [9.17, 15) is 4.79 Å². The van der Waals surface area contributed by atoms with Crippen LogP contribution in [-0.2, 0) is 9.53 Å². The lowest BCUT2D eigenvalue weighted by atomic mass is 10.4. The quantitative estimate of drug-likeness (QED) is 0.776. The van der Waals surface area contributed by atoms with Crippen LogP contribution >= 0.6 is 0 Å². The van der Waals surface area contributed by atoms with Gasteiger partial charge in [-0.2, -0.15) is 0 Å². The standard InChI is InChI=1S/C10H15N3O2/c1-7(2)15-6-10(14)13-9-4-3-8(11)5-12-9/h3-5,7H,6,11H2,1-2H3,(H,12,13,14). The number of aromatic nitrogens is 1.